The first-order valence-corrected chi connectivity index (χ1v) is 46.0. The van der Waals surface area contributed by atoms with Crippen LogP contribution in [0.2, 0.25) is 0 Å². The molecule has 0 saturated heterocycles. The van der Waals surface area contributed by atoms with Gasteiger partial charge in [0.15, 0.2) is 6.10 Å². The molecular formula is C89H174NO8P. The molecule has 2 unspecified atom stereocenters. The molecule has 9 nitrogen and oxygen atoms in total. The zero-order chi connectivity index (χ0) is 71.8. The fraction of sp³-hybridized carbons (Fsp3) is 0.933. The summed E-state index contributed by atoms with van der Waals surface area (Å²) >= 11 is 0. The van der Waals surface area contributed by atoms with E-state index in [1.165, 1.54) is 411 Å². The Morgan fingerprint density at radius 2 is 0.545 bits per heavy atom. The highest BCUT2D eigenvalue weighted by Crippen LogP contribution is 2.38. The smallest absolute Gasteiger partial charge is 0.306 e. The van der Waals surface area contributed by atoms with Crippen LogP contribution >= 0.6 is 7.82 Å². The van der Waals surface area contributed by atoms with Crippen LogP contribution < -0.4 is 4.89 Å². The Hall–Kier alpha value is -1.51. The Morgan fingerprint density at radius 1 is 0.313 bits per heavy atom. The van der Waals surface area contributed by atoms with Gasteiger partial charge in [-0.25, -0.2) is 0 Å². The Morgan fingerprint density at radius 3 is 0.798 bits per heavy atom. The van der Waals surface area contributed by atoms with Crippen molar-refractivity contribution in [3.63, 3.8) is 0 Å². The van der Waals surface area contributed by atoms with Crippen LogP contribution in [0, 0.1) is 0 Å². The van der Waals surface area contributed by atoms with Crippen LogP contribution in [0.15, 0.2) is 24.3 Å². The third-order valence-electron chi connectivity index (χ3n) is 20.7. The van der Waals surface area contributed by atoms with Gasteiger partial charge in [0.25, 0.3) is 7.82 Å². The number of unbranched alkanes of at least 4 members (excludes halogenated alkanes) is 67. The summed E-state index contributed by atoms with van der Waals surface area (Å²) in [5.74, 6) is -0.801. The van der Waals surface area contributed by atoms with Crippen LogP contribution in [0.3, 0.4) is 0 Å². The molecule has 0 aromatic rings. The molecule has 99 heavy (non-hydrogen) atoms. The molecule has 0 N–H and O–H groups in total. The average Bonchev–Trinajstić information content (AvgIpc) is 0.999. The fourth-order valence-corrected chi connectivity index (χ4v) is 14.7. The average molecular weight is 1420 g/mol. The molecule has 0 bridgehead atoms. The van der Waals surface area contributed by atoms with Crippen molar-refractivity contribution < 1.29 is 42.1 Å². The maximum Gasteiger partial charge on any atom is 0.306 e. The molecule has 0 aliphatic carbocycles. The third-order valence-corrected chi connectivity index (χ3v) is 21.7. The zero-order valence-corrected chi connectivity index (χ0v) is 68.4. The monoisotopic (exact) mass is 1420 g/mol. The van der Waals surface area contributed by atoms with Crippen molar-refractivity contribution in [3.8, 4) is 0 Å². The predicted molar refractivity (Wildman–Crippen MR) is 430 cm³/mol. The molecule has 0 saturated carbocycles. The number of likely N-dealkylation sites (N-methyl/N-ethyl adjacent to an activating group) is 1. The van der Waals surface area contributed by atoms with Gasteiger partial charge in [-0.3, -0.25) is 14.2 Å². The zero-order valence-electron chi connectivity index (χ0n) is 67.5. The molecule has 0 aromatic heterocycles. The highest BCUT2D eigenvalue weighted by atomic mass is 31.2. The summed E-state index contributed by atoms with van der Waals surface area (Å²) in [7, 11) is 1.20. The summed E-state index contributed by atoms with van der Waals surface area (Å²) in [5, 5.41) is 0. The van der Waals surface area contributed by atoms with Gasteiger partial charge in [0, 0.05) is 12.8 Å². The van der Waals surface area contributed by atoms with Crippen molar-refractivity contribution in [2.24, 2.45) is 0 Å². The Balaban J connectivity index is 3.83. The van der Waals surface area contributed by atoms with Gasteiger partial charge in [0.1, 0.15) is 19.8 Å². The molecule has 2 atom stereocenters. The number of allylic oxidation sites excluding steroid dienone is 4. The van der Waals surface area contributed by atoms with E-state index in [0.29, 0.717) is 17.4 Å². The minimum atomic E-state index is -4.64. The lowest BCUT2D eigenvalue weighted by Gasteiger charge is -2.28. The number of phosphoric acid groups is 1. The first-order chi connectivity index (χ1) is 48.5. The molecule has 0 fully saturated rings. The van der Waals surface area contributed by atoms with Gasteiger partial charge in [0.05, 0.1) is 27.7 Å². The van der Waals surface area contributed by atoms with E-state index in [0.717, 1.165) is 38.5 Å². The molecule has 0 aromatic carbocycles. The number of carbonyl (C=O) groups excluding carboxylic acids is 2. The minimum absolute atomic E-state index is 0.0259. The van der Waals surface area contributed by atoms with Crippen molar-refractivity contribution in [2.45, 2.75) is 489 Å². The highest BCUT2D eigenvalue weighted by molar-refractivity contribution is 7.45. The number of quaternary nitrogens is 1. The second-order valence-electron chi connectivity index (χ2n) is 32.0. The molecule has 0 aliphatic rings. The molecule has 588 valence electrons. The number of nitrogens with zero attached hydrogens (tertiary/aromatic N) is 1. The van der Waals surface area contributed by atoms with Crippen LogP contribution in [0.4, 0.5) is 0 Å². The van der Waals surface area contributed by atoms with Crippen molar-refractivity contribution in [3.05, 3.63) is 24.3 Å². The highest BCUT2D eigenvalue weighted by Gasteiger charge is 2.22. The Labute approximate surface area is 619 Å². The number of esters is 2. The first-order valence-electron chi connectivity index (χ1n) is 44.5. The largest absolute Gasteiger partial charge is 0.756 e. The van der Waals surface area contributed by atoms with Crippen molar-refractivity contribution in [1.29, 1.82) is 0 Å². The molecular weight excluding hydrogens is 1240 g/mol. The maximum atomic E-state index is 12.9. The normalized spacial score (nSPS) is 13.0. The topological polar surface area (TPSA) is 111 Å². The summed E-state index contributed by atoms with van der Waals surface area (Å²) in [4.78, 5) is 38.2. The maximum absolute atomic E-state index is 12.9. The van der Waals surface area contributed by atoms with E-state index in [2.05, 4.69) is 38.2 Å². The van der Waals surface area contributed by atoms with Gasteiger partial charge in [-0.05, 0) is 44.9 Å². The summed E-state index contributed by atoms with van der Waals surface area (Å²) in [6, 6.07) is 0. The number of hydrogen-bond acceptors (Lipinski definition) is 8. The second-order valence-corrected chi connectivity index (χ2v) is 33.4. The molecule has 0 heterocycles. The first kappa shape index (κ1) is 97.5. The molecule has 0 aliphatic heterocycles. The van der Waals surface area contributed by atoms with Gasteiger partial charge < -0.3 is 27.9 Å². The lowest BCUT2D eigenvalue weighted by atomic mass is 10.0. The number of phosphoric ester groups is 1. The fourth-order valence-electron chi connectivity index (χ4n) is 13.9. The Bertz CT molecular complexity index is 1720. The van der Waals surface area contributed by atoms with E-state index in [9.17, 15) is 19.0 Å². The van der Waals surface area contributed by atoms with Gasteiger partial charge in [-0.2, -0.15) is 0 Å². The molecule has 0 rings (SSSR count). The lowest BCUT2D eigenvalue weighted by molar-refractivity contribution is -0.870. The van der Waals surface area contributed by atoms with Crippen molar-refractivity contribution in [1.82, 2.24) is 0 Å². The van der Waals surface area contributed by atoms with Crippen LogP contribution in [-0.2, 0) is 32.7 Å². The summed E-state index contributed by atoms with van der Waals surface area (Å²) in [6.45, 7) is 4.33. The van der Waals surface area contributed by atoms with Gasteiger partial charge in [-0.15, -0.1) is 0 Å². The quantitative estimate of drug-likeness (QED) is 0.0195. The van der Waals surface area contributed by atoms with E-state index < -0.39 is 26.5 Å². The van der Waals surface area contributed by atoms with E-state index in [-0.39, 0.29) is 32.0 Å². The number of carbonyl (C=O) groups is 2. The number of rotatable bonds is 85. The lowest BCUT2D eigenvalue weighted by Crippen LogP contribution is -2.37. The van der Waals surface area contributed by atoms with E-state index in [1.807, 2.05) is 21.1 Å². The van der Waals surface area contributed by atoms with Crippen LogP contribution in [0.5, 0.6) is 0 Å². The summed E-state index contributed by atoms with van der Waals surface area (Å²) < 4.78 is 34.5. The summed E-state index contributed by atoms with van der Waals surface area (Å²) in [5.41, 5.74) is 0. The Kier molecular flexibility index (Phi) is 79.4. The van der Waals surface area contributed by atoms with Crippen LogP contribution in [0.1, 0.15) is 483 Å². The molecule has 0 amide bonds. The van der Waals surface area contributed by atoms with Crippen LogP contribution in [-0.4, -0.2) is 70.0 Å². The summed E-state index contributed by atoms with van der Waals surface area (Å²) in [6.07, 6.45) is 105. The van der Waals surface area contributed by atoms with Gasteiger partial charge >= 0.3 is 11.9 Å². The number of hydrogen-bond donors (Lipinski definition) is 0. The standard InChI is InChI=1S/C89H174NO8P/c1-6-8-10-12-14-16-18-20-22-24-26-28-30-32-34-36-38-40-42-44-46-47-49-51-53-55-57-59-61-63-65-67-69-71-73-75-77-79-81-88(91)95-85-87(86-97-99(93,94)96-84-83-90(3,4)5)98-89(92)82-80-78-76-74-72-70-68-66-64-62-60-58-56-54-52-50-48-45-43-41-39-37-35-33-31-29-27-25-23-21-19-17-15-13-11-9-7-2/h19,21,25,27,87H,6-18,20,22-24,26,28-86H2,1-5H3/b21-19-,27-25-. The predicted octanol–water partition coefficient (Wildman–Crippen LogP) is 29.3. The second kappa shape index (κ2) is 80.6. The van der Waals surface area contributed by atoms with Crippen molar-refractivity contribution >= 4 is 19.8 Å². The molecule has 10 heteroatoms. The minimum Gasteiger partial charge on any atom is -0.756 e. The van der Waals surface area contributed by atoms with Crippen molar-refractivity contribution in [2.75, 3.05) is 47.5 Å². The number of ether oxygens (including phenoxy) is 2. The SMILES string of the molecule is CCCCCCC/C=C\C/C=C\CCCCCCCCCCCCCCCCCCCCCCCCCCCC(=O)OC(COC(=O)CCCCCCCCCCCCCCCCCCCCCCCCCCCCCCCCCCCCCCCC)COP(=O)([O-])OCC[N+](C)(C)C. The van der Waals surface area contributed by atoms with Gasteiger partial charge in [0.2, 0.25) is 0 Å². The molecule has 0 radical (unpaired) electrons. The van der Waals surface area contributed by atoms with Crippen LogP contribution in [0.25, 0.3) is 0 Å². The van der Waals surface area contributed by atoms with E-state index >= 15 is 0 Å². The molecule has 0 spiro atoms. The third kappa shape index (κ3) is 85.3. The van der Waals surface area contributed by atoms with E-state index in [4.69, 9.17) is 18.5 Å². The van der Waals surface area contributed by atoms with E-state index in [1.54, 1.807) is 0 Å². The van der Waals surface area contributed by atoms with Gasteiger partial charge in [-0.1, -0.05) is 449 Å².